The van der Waals surface area contributed by atoms with E-state index in [1.54, 1.807) is 18.3 Å². The molecular formula is C14H12N2O2. The minimum atomic E-state index is -0.363. The highest BCUT2D eigenvalue weighted by Crippen LogP contribution is 2.28. The van der Waals surface area contributed by atoms with Crippen LogP contribution in [0.1, 0.15) is 16.1 Å². The van der Waals surface area contributed by atoms with Gasteiger partial charge in [-0.1, -0.05) is 24.3 Å². The molecular weight excluding hydrogens is 228 g/mol. The molecule has 1 N–H and O–H groups in total. The summed E-state index contributed by atoms with van der Waals surface area (Å²) in [6.07, 6.45) is 1.77. The van der Waals surface area contributed by atoms with Gasteiger partial charge in [0.25, 0.3) is 0 Å². The molecule has 0 bridgehead atoms. The zero-order valence-corrected chi connectivity index (χ0v) is 10.2. The molecule has 2 rings (SSSR count). The average Bonchev–Trinajstić information content (AvgIpc) is 2.80. The van der Waals surface area contributed by atoms with E-state index < -0.39 is 0 Å². The monoisotopic (exact) mass is 240 g/mol. The summed E-state index contributed by atoms with van der Waals surface area (Å²) < 4.78 is 4.78. The van der Waals surface area contributed by atoms with Gasteiger partial charge in [-0.05, 0) is 12.5 Å². The number of esters is 1. The Morgan fingerprint density at radius 3 is 2.56 bits per heavy atom. The van der Waals surface area contributed by atoms with Gasteiger partial charge < -0.3 is 9.72 Å². The summed E-state index contributed by atoms with van der Waals surface area (Å²) in [5, 5.41) is 0. The Balaban J connectivity index is 2.51. The second-order valence-electron chi connectivity index (χ2n) is 3.85. The van der Waals surface area contributed by atoms with Gasteiger partial charge in [0.1, 0.15) is 0 Å². The lowest BCUT2D eigenvalue weighted by Gasteiger charge is -2.04. The molecule has 4 nitrogen and oxygen atoms in total. The first-order valence-electron chi connectivity index (χ1n) is 5.41. The van der Waals surface area contributed by atoms with E-state index in [1.807, 2.05) is 19.1 Å². The van der Waals surface area contributed by atoms with Crippen LogP contribution in [0.25, 0.3) is 16.0 Å². The van der Waals surface area contributed by atoms with Crippen LogP contribution in [-0.4, -0.2) is 18.1 Å². The van der Waals surface area contributed by atoms with Gasteiger partial charge in [-0.2, -0.15) is 0 Å². The number of carbonyl (C=O) groups is 1. The van der Waals surface area contributed by atoms with Crippen LogP contribution in [0.2, 0.25) is 0 Å². The predicted octanol–water partition coefficient (Wildman–Crippen LogP) is 3.33. The van der Waals surface area contributed by atoms with Crippen LogP contribution in [0.4, 0.5) is 5.69 Å². The number of aromatic nitrogens is 1. The molecule has 18 heavy (non-hydrogen) atoms. The van der Waals surface area contributed by atoms with Gasteiger partial charge in [0, 0.05) is 17.5 Å². The molecule has 0 saturated heterocycles. The molecule has 0 radical (unpaired) electrons. The molecule has 0 aliphatic rings. The number of carbonyl (C=O) groups excluding carboxylic acids is 1. The molecule has 0 aliphatic carbocycles. The Morgan fingerprint density at radius 1 is 1.33 bits per heavy atom. The Labute approximate surface area is 105 Å². The topological polar surface area (TPSA) is 46.5 Å². The summed E-state index contributed by atoms with van der Waals surface area (Å²) >= 11 is 0. The van der Waals surface area contributed by atoms with E-state index in [-0.39, 0.29) is 5.97 Å². The van der Waals surface area contributed by atoms with E-state index in [2.05, 4.69) is 9.83 Å². The number of aromatic amines is 1. The van der Waals surface area contributed by atoms with Crippen LogP contribution < -0.4 is 0 Å². The van der Waals surface area contributed by atoms with Gasteiger partial charge in [0.15, 0.2) is 5.69 Å². The SMILES string of the molecule is [C-]#[N+]c1ccc(-c2c[nH]c(C)c2C(=O)OC)cc1. The zero-order chi connectivity index (χ0) is 13.1. The minimum absolute atomic E-state index is 0.363. The van der Waals surface area contributed by atoms with Gasteiger partial charge in [0.2, 0.25) is 0 Å². The Morgan fingerprint density at radius 2 is 2.00 bits per heavy atom. The van der Waals surface area contributed by atoms with Crippen molar-refractivity contribution < 1.29 is 9.53 Å². The average molecular weight is 240 g/mol. The molecule has 1 aromatic carbocycles. The van der Waals surface area contributed by atoms with Crippen molar-refractivity contribution in [3.63, 3.8) is 0 Å². The van der Waals surface area contributed by atoms with E-state index in [4.69, 9.17) is 11.3 Å². The third kappa shape index (κ3) is 1.98. The molecule has 2 aromatic rings. The van der Waals surface area contributed by atoms with Crippen LogP contribution in [0.5, 0.6) is 0 Å². The predicted molar refractivity (Wildman–Crippen MR) is 68.6 cm³/mol. The van der Waals surface area contributed by atoms with Gasteiger partial charge >= 0.3 is 5.97 Å². The van der Waals surface area contributed by atoms with Gasteiger partial charge in [-0.25, -0.2) is 9.64 Å². The summed E-state index contributed by atoms with van der Waals surface area (Å²) in [7, 11) is 1.36. The van der Waals surface area contributed by atoms with Crippen LogP contribution in [0.3, 0.4) is 0 Å². The molecule has 0 unspecified atom stereocenters. The maximum atomic E-state index is 11.7. The number of rotatable bonds is 2. The summed E-state index contributed by atoms with van der Waals surface area (Å²) in [4.78, 5) is 18.1. The standard InChI is InChI=1S/C14H12N2O2/c1-9-13(14(17)18-3)12(8-16-9)10-4-6-11(15-2)7-5-10/h4-8,16H,1,3H3. The minimum Gasteiger partial charge on any atom is -0.465 e. The van der Waals surface area contributed by atoms with Crippen molar-refractivity contribution in [1.29, 1.82) is 0 Å². The number of hydrogen-bond acceptors (Lipinski definition) is 2. The van der Waals surface area contributed by atoms with Gasteiger partial charge in [-0.3, -0.25) is 0 Å². The summed E-state index contributed by atoms with van der Waals surface area (Å²) in [5.74, 6) is -0.363. The molecule has 4 heteroatoms. The largest absolute Gasteiger partial charge is 0.465 e. The molecule has 0 amide bonds. The number of nitrogens with zero attached hydrogens (tertiary/aromatic N) is 1. The van der Waals surface area contributed by atoms with Crippen molar-refractivity contribution in [1.82, 2.24) is 4.98 Å². The summed E-state index contributed by atoms with van der Waals surface area (Å²) in [6, 6.07) is 7.10. The van der Waals surface area contributed by atoms with Crippen LogP contribution in [0, 0.1) is 13.5 Å². The van der Waals surface area contributed by atoms with Crippen LogP contribution >= 0.6 is 0 Å². The molecule has 0 aliphatic heterocycles. The number of hydrogen-bond donors (Lipinski definition) is 1. The fourth-order valence-corrected chi connectivity index (χ4v) is 1.84. The number of nitrogens with one attached hydrogen (secondary N) is 1. The third-order valence-electron chi connectivity index (χ3n) is 2.77. The highest BCUT2D eigenvalue weighted by Gasteiger charge is 2.17. The third-order valence-corrected chi connectivity index (χ3v) is 2.77. The first-order valence-corrected chi connectivity index (χ1v) is 5.41. The lowest BCUT2D eigenvalue weighted by molar-refractivity contribution is 0.0601. The van der Waals surface area contributed by atoms with Crippen molar-refractivity contribution >= 4 is 11.7 Å². The number of aryl methyl sites for hydroxylation is 1. The molecule has 0 spiro atoms. The Kier molecular flexibility index (Phi) is 3.16. The number of H-pyrrole nitrogens is 1. The molecule has 0 fully saturated rings. The van der Waals surface area contributed by atoms with E-state index in [1.165, 1.54) is 7.11 Å². The smallest absolute Gasteiger partial charge is 0.340 e. The van der Waals surface area contributed by atoms with Crippen molar-refractivity contribution in [2.75, 3.05) is 7.11 Å². The number of methoxy groups -OCH3 is 1. The second-order valence-corrected chi connectivity index (χ2v) is 3.85. The molecule has 0 saturated carbocycles. The highest BCUT2D eigenvalue weighted by atomic mass is 16.5. The van der Waals surface area contributed by atoms with E-state index in [0.29, 0.717) is 11.3 Å². The van der Waals surface area contributed by atoms with Crippen LogP contribution in [-0.2, 0) is 4.74 Å². The quantitative estimate of drug-likeness (QED) is 0.646. The molecule has 0 atom stereocenters. The van der Waals surface area contributed by atoms with Crippen molar-refractivity contribution in [3.8, 4) is 11.1 Å². The highest BCUT2D eigenvalue weighted by molar-refractivity contribution is 5.98. The van der Waals surface area contributed by atoms with Crippen molar-refractivity contribution in [2.24, 2.45) is 0 Å². The maximum Gasteiger partial charge on any atom is 0.340 e. The lowest BCUT2D eigenvalue weighted by Crippen LogP contribution is -2.03. The van der Waals surface area contributed by atoms with E-state index in [0.717, 1.165) is 16.8 Å². The number of benzene rings is 1. The first-order chi connectivity index (χ1) is 8.67. The molecule has 1 aromatic heterocycles. The molecule has 1 heterocycles. The Bertz CT molecular complexity index is 618. The maximum absolute atomic E-state index is 11.7. The lowest BCUT2D eigenvalue weighted by atomic mass is 10.0. The van der Waals surface area contributed by atoms with Gasteiger partial charge in [0.05, 0.1) is 19.2 Å². The zero-order valence-electron chi connectivity index (χ0n) is 10.2. The summed E-state index contributed by atoms with van der Waals surface area (Å²) in [5.41, 5.74) is 3.55. The first kappa shape index (κ1) is 11.9. The number of ether oxygens (including phenoxy) is 1. The van der Waals surface area contributed by atoms with Crippen LogP contribution in [0.15, 0.2) is 30.5 Å². The summed E-state index contributed by atoms with van der Waals surface area (Å²) in [6.45, 7) is 8.73. The van der Waals surface area contributed by atoms with Gasteiger partial charge in [-0.15, -0.1) is 0 Å². The normalized spacial score (nSPS) is 9.83. The Hall–Kier alpha value is -2.54. The molecule has 90 valence electrons. The fourth-order valence-electron chi connectivity index (χ4n) is 1.84. The fraction of sp³-hybridized carbons (Fsp3) is 0.143. The van der Waals surface area contributed by atoms with Crippen molar-refractivity contribution in [2.45, 2.75) is 6.92 Å². The van der Waals surface area contributed by atoms with E-state index >= 15 is 0 Å². The van der Waals surface area contributed by atoms with E-state index in [9.17, 15) is 4.79 Å². The van der Waals surface area contributed by atoms with Crippen molar-refractivity contribution in [3.05, 3.63) is 53.1 Å². The second kappa shape index (κ2) is 4.76.